The molecule has 150 valence electrons. The van der Waals surface area contributed by atoms with Gasteiger partial charge < -0.3 is 15.4 Å². The average Bonchev–Trinajstić information content (AvgIpc) is 2.66. The molecule has 0 saturated carbocycles. The minimum absolute atomic E-state index is 0. The van der Waals surface area contributed by atoms with Crippen molar-refractivity contribution in [1.29, 1.82) is 0 Å². The van der Waals surface area contributed by atoms with E-state index in [0.29, 0.717) is 17.1 Å². The van der Waals surface area contributed by atoms with Crippen LogP contribution in [0.5, 0.6) is 5.75 Å². The highest BCUT2D eigenvalue weighted by Crippen LogP contribution is 2.24. The first-order chi connectivity index (χ1) is 13.4. The third-order valence-electron chi connectivity index (χ3n) is 4.11. The Morgan fingerprint density at radius 2 is 1.96 bits per heavy atom. The maximum Gasteiger partial charge on any atom is 0.319 e. The van der Waals surface area contributed by atoms with E-state index in [2.05, 4.69) is 28.9 Å². The maximum absolute atomic E-state index is 12.2. The molecule has 0 radical (unpaired) electrons. The molecule has 2 aromatic rings. The van der Waals surface area contributed by atoms with E-state index in [1.807, 2.05) is 25.1 Å². The summed E-state index contributed by atoms with van der Waals surface area (Å²) < 4.78 is 5.01. The molecule has 2 N–H and O–H groups in total. The predicted molar refractivity (Wildman–Crippen MR) is 118 cm³/mol. The molecular weight excluding hydrogens is 354 g/mol. The standard InChI is InChI=1S/C22H25N3O3.2H2/c1-5-18-10-11-19(14-21(18)23-4)25-22(27)24-15(2)6-7-17-8-12-20(13-9-17)28-16(3)26;;/h5,8-15H,1,4,6-7H2,2-3H3,(H2,24,25,27);2*1H. The minimum atomic E-state index is -0.341. The number of carbonyl (C=O) groups is 2. The van der Waals surface area contributed by atoms with Crippen molar-refractivity contribution in [2.75, 3.05) is 5.32 Å². The van der Waals surface area contributed by atoms with Crippen LogP contribution < -0.4 is 15.4 Å². The van der Waals surface area contributed by atoms with E-state index in [1.165, 1.54) is 6.92 Å². The van der Waals surface area contributed by atoms with Gasteiger partial charge in [0, 0.05) is 21.5 Å². The maximum atomic E-state index is 12.2. The number of hydrogen-bond donors (Lipinski definition) is 2. The SMILES string of the molecule is C=Cc1ccc(NC(=O)NC(C)CCc2ccc(OC(C)=O)cc2)cc1N=C.[HH].[HH]. The number of anilines is 1. The van der Waals surface area contributed by atoms with Crippen LogP contribution >= 0.6 is 0 Å². The molecule has 0 aliphatic heterocycles. The molecule has 0 spiro atoms. The lowest BCUT2D eigenvalue weighted by atomic mass is 10.1. The molecule has 1 atom stereocenters. The van der Waals surface area contributed by atoms with Crippen LogP contribution in [0.1, 0.15) is 34.2 Å². The van der Waals surface area contributed by atoms with Gasteiger partial charge in [-0.15, -0.1) is 0 Å². The molecule has 1 unspecified atom stereocenters. The summed E-state index contributed by atoms with van der Waals surface area (Å²) in [6.07, 6.45) is 3.25. The normalized spacial score (nSPS) is 11.2. The van der Waals surface area contributed by atoms with Crippen LogP contribution in [0.4, 0.5) is 16.2 Å². The fraction of sp³-hybridized carbons (Fsp3) is 0.227. The van der Waals surface area contributed by atoms with Crippen molar-refractivity contribution < 1.29 is 17.2 Å². The highest BCUT2D eigenvalue weighted by Gasteiger charge is 2.09. The summed E-state index contributed by atoms with van der Waals surface area (Å²) in [6.45, 7) is 10.6. The molecule has 6 heteroatoms. The molecule has 2 aromatic carbocycles. The Kier molecular flexibility index (Phi) is 7.51. The smallest absolute Gasteiger partial charge is 0.319 e. The zero-order valence-electron chi connectivity index (χ0n) is 16.2. The van der Waals surface area contributed by atoms with E-state index < -0.39 is 0 Å². The number of esters is 1. The summed E-state index contributed by atoms with van der Waals surface area (Å²) in [7, 11) is 0. The zero-order valence-corrected chi connectivity index (χ0v) is 16.2. The zero-order chi connectivity index (χ0) is 20.5. The molecule has 0 heterocycles. The quantitative estimate of drug-likeness (QED) is 0.372. The predicted octanol–water partition coefficient (Wildman–Crippen LogP) is 5.22. The number of nitrogens with zero attached hydrogens (tertiary/aromatic N) is 1. The summed E-state index contributed by atoms with van der Waals surface area (Å²) in [5, 5.41) is 5.72. The summed E-state index contributed by atoms with van der Waals surface area (Å²) in [5.74, 6) is 0.185. The average molecular weight is 383 g/mol. The van der Waals surface area contributed by atoms with Crippen LogP contribution in [-0.2, 0) is 11.2 Å². The van der Waals surface area contributed by atoms with Gasteiger partial charge in [0.05, 0.1) is 5.69 Å². The van der Waals surface area contributed by atoms with E-state index in [0.717, 1.165) is 24.0 Å². The number of carbonyl (C=O) groups excluding carboxylic acids is 2. The number of benzene rings is 2. The minimum Gasteiger partial charge on any atom is -0.427 e. The lowest BCUT2D eigenvalue weighted by Crippen LogP contribution is -2.36. The molecule has 0 aliphatic carbocycles. The Labute approximate surface area is 168 Å². The van der Waals surface area contributed by atoms with Gasteiger partial charge >= 0.3 is 12.0 Å². The first kappa shape index (κ1) is 20.9. The molecule has 0 fully saturated rings. The molecule has 2 rings (SSSR count). The largest absolute Gasteiger partial charge is 0.427 e. The third kappa shape index (κ3) is 6.39. The monoisotopic (exact) mass is 383 g/mol. The Balaban J connectivity index is 0.00000420. The van der Waals surface area contributed by atoms with Crippen molar-refractivity contribution in [3.8, 4) is 5.75 Å². The highest BCUT2D eigenvalue weighted by atomic mass is 16.5. The summed E-state index contributed by atoms with van der Waals surface area (Å²) >= 11 is 0. The lowest BCUT2D eigenvalue weighted by molar-refractivity contribution is -0.131. The second-order valence-corrected chi connectivity index (χ2v) is 6.41. The van der Waals surface area contributed by atoms with Crippen LogP contribution in [0.2, 0.25) is 0 Å². The number of ether oxygens (including phenoxy) is 1. The van der Waals surface area contributed by atoms with E-state index in [9.17, 15) is 9.59 Å². The molecule has 0 saturated heterocycles. The lowest BCUT2D eigenvalue weighted by Gasteiger charge is -2.15. The Morgan fingerprint density at radius 3 is 2.57 bits per heavy atom. The number of rotatable bonds is 8. The molecular formula is C22H29N3O3. The molecule has 28 heavy (non-hydrogen) atoms. The topological polar surface area (TPSA) is 79.8 Å². The van der Waals surface area contributed by atoms with Crippen molar-refractivity contribution in [3.05, 3.63) is 60.2 Å². The van der Waals surface area contributed by atoms with E-state index in [-0.39, 0.29) is 20.9 Å². The number of aliphatic imine (C=N–C) groups is 1. The van der Waals surface area contributed by atoms with E-state index in [1.54, 1.807) is 30.3 Å². The van der Waals surface area contributed by atoms with E-state index >= 15 is 0 Å². The second-order valence-electron chi connectivity index (χ2n) is 6.41. The molecule has 2 amide bonds. The van der Waals surface area contributed by atoms with Gasteiger partial charge in [-0.2, -0.15) is 0 Å². The van der Waals surface area contributed by atoms with Crippen LogP contribution in [-0.4, -0.2) is 24.8 Å². The van der Waals surface area contributed by atoms with Crippen LogP contribution in [0.3, 0.4) is 0 Å². The number of hydrogen-bond acceptors (Lipinski definition) is 4. The van der Waals surface area contributed by atoms with Gasteiger partial charge in [0.25, 0.3) is 0 Å². The Hall–Kier alpha value is -3.41. The molecule has 6 nitrogen and oxygen atoms in total. The van der Waals surface area contributed by atoms with Gasteiger partial charge in [-0.05, 0) is 61.9 Å². The molecule has 0 aliphatic rings. The number of nitrogens with one attached hydrogen (secondary N) is 2. The number of aryl methyl sites for hydroxylation is 1. The van der Waals surface area contributed by atoms with Crippen molar-refractivity contribution in [1.82, 2.24) is 5.32 Å². The number of urea groups is 1. The van der Waals surface area contributed by atoms with Gasteiger partial charge in [0.2, 0.25) is 0 Å². The first-order valence-corrected chi connectivity index (χ1v) is 8.99. The highest BCUT2D eigenvalue weighted by molar-refractivity contribution is 5.90. The summed E-state index contributed by atoms with van der Waals surface area (Å²) in [5.41, 5.74) is 3.26. The van der Waals surface area contributed by atoms with Crippen molar-refractivity contribution in [3.63, 3.8) is 0 Å². The van der Waals surface area contributed by atoms with Crippen LogP contribution in [0, 0.1) is 0 Å². The first-order valence-electron chi connectivity index (χ1n) is 8.99. The fourth-order valence-electron chi connectivity index (χ4n) is 2.67. The summed E-state index contributed by atoms with van der Waals surface area (Å²) in [4.78, 5) is 27.1. The van der Waals surface area contributed by atoms with Gasteiger partial charge in [0.15, 0.2) is 0 Å². The second kappa shape index (κ2) is 10.1. The molecule has 0 aromatic heterocycles. The van der Waals surface area contributed by atoms with Crippen LogP contribution in [0.25, 0.3) is 6.08 Å². The van der Waals surface area contributed by atoms with Crippen molar-refractivity contribution in [2.45, 2.75) is 32.7 Å². The van der Waals surface area contributed by atoms with Gasteiger partial charge in [-0.3, -0.25) is 9.79 Å². The van der Waals surface area contributed by atoms with Crippen molar-refractivity contribution in [2.24, 2.45) is 4.99 Å². The fourth-order valence-corrected chi connectivity index (χ4v) is 2.67. The van der Waals surface area contributed by atoms with E-state index in [4.69, 9.17) is 4.74 Å². The van der Waals surface area contributed by atoms with Gasteiger partial charge in [0.1, 0.15) is 5.75 Å². The van der Waals surface area contributed by atoms with Gasteiger partial charge in [-0.1, -0.05) is 30.9 Å². The Morgan fingerprint density at radius 1 is 1.25 bits per heavy atom. The third-order valence-corrected chi connectivity index (χ3v) is 4.11. The van der Waals surface area contributed by atoms with Crippen LogP contribution in [0.15, 0.2) is 54.0 Å². The molecule has 0 bridgehead atoms. The van der Waals surface area contributed by atoms with Gasteiger partial charge in [-0.25, -0.2) is 4.79 Å². The summed E-state index contributed by atoms with van der Waals surface area (Å²) in [6, 6.07) is 12.4. The number of amides is 2. The van der Waals surface area contributed by atoms with Crippen molar-refractivity contribution >= 4 is 36.2 Å². The Bertz CT molecular complexity index is 870.